The van der Waals surface area contributed by atoms with Crippen LogP contribution in [0.5, 0.6) is 0 Å². The Balaban J connectivity index is 1.99. The Kier molecular flexibility index (Phi) is 4.68. The van der Waals surface area contributed by atoms with Crippen molar-refractivity contribution < 1.29 is 0 Å². The summed E-state index contributed by atoms with van der Waals surface area (Å²) in [5, 5.41) is 4.14. The second kappa shape index (κ2) is 6.27. The quantitative estimate of drug-likeness (QED) is 0.849. The Hall–Kier alpha value is -1.24. The first-order valence-corrected chi connectivity index (χ1v) is 7.70. The lowest BCUT2D eigenvalue weighted by molar-refractivity contribution is 0.743. The van der Waals surface area contributed by atoms with E-state index in [9.17, 15) is 0 Å². The molecule has 0 aromatic carbocycles. The number of nitrogens with two attached hydrogens (primary N) is 1. The van der Waals surface area contributed by atoms with Crippen LogP contribution in [0.3, 0.4) is 0 Å². The van der Waals surface area contributed by atoms with Gasteiger partial charge in [-0.1, -0.05) is 6.92 Å². The van der Waals surface area contributed by atoms with Crippen LogP contribution in [0.4, 0.5) is 17.8 Å². The summed E-state index contributed by atoms with van der Waals surface area (Å²) in [6.45, 7) is 2.21. The molecule has 0 saturated heterocycles. The molecule has 19 heavy (non-hydrogen) atoms. The number of rotatable bonds is 5. The summed E-state index contributed by atoms with van der Waals surface area (Å²) >= 11 is 2.04. The number of nitrogen functional groups attached to an aromatic ring is 1. The van der Waals surface area contributed by atoms with Crippen molar-refractivity contribution in [2.45, 2.75) is 37.5 Å². The molecular formula is C12H22N6S. The highest BCUT2D eigenvalue weighted by molar-refractivity contribution is 7.99. The van der Waals surface area contributed by atoms with Gasteiger partial charge in [-0.25, -0.2) is 0 Å². The molecule has 0 bridgehead atoms. The van der Waals surface area contributed by atoms with Crippen molar-refractivity contribution in [1.29, 1.82) is 0 Å². The van der Waals surface area contributed by atoms with Gasteiger partial charge in [-0.2, -0.15) is 26.7 Å². The SMILES string of the molecule is CCSC1CCC(Nc2nc(N)nc(N(C)C)n2)C1. The monoisotopic (exact) mass is 282 g/mol. The average molecular weight is 282 g/mol. The largest absolute Gasteiger partial charge is 0.368 e. The molecule has 3 N–H and O–H groups in total. The van der Waals surface area contributed by atoms with Crippen molar-refractivity contribution >= 4 is 29.6 Å². The second-order valence-electron chi connectivity index (χ2n) is 4.94. The van der Waals surface area contributed by atoms with Crippen LogP contribution in [0, 0.1) is 0 Å². The molecule has 2 rings (SSSR count). The number of nitrogens with zero attached hydrogens (tertiary/aromatic N) is 4. The van der Waals surface area contributed by atoms with Gasteiger partial charge < -0.3 is 16.0 Å². The Morgan fingerprint density at radius 3 is 2.79 bits per heavy atom. The summed E-state index contributed by atoms with van der Waals surface area (Å²) in [4.78, 5) is 14.5. The smallest absolute Gasteiger partial charge is 0.231 e. The number of aromatic nitrogens is 3. The van der Waals surface area contributed by atoms with Crippen molar-refractivity contribution in [3.8, 4) is 0 Å². The topological polar surface area (TPSA) is 80.0 Å². The van der Waals surface area contributed by atoms with Gasteiger partial charge in [0.1, 0.15) is 0 Å². The van der Waals surface area contributed by atoms with E-state index in [1.54, 1.807) is 0 Å². The number of anilines is 3. The second-order valence-corrected chi connectivity index (χ2v) is 6.52. The molecule has 0 aliphatic heterocycles. The molecular weight excluding hydrogens is 260 g/mol. The van der Waals surface area contributed by atoms with Gasteiger partial charge in [0, 0.05) is 25.4 Å². The van der Waals surface area contributed by atoms with Crippen LogP contribution in [0.15, 0.2) is 0 Å². The highest BCUT2D eigenvalue weighted by atomic mass is 32.2. The minimum absolute atomic E-state index is 0.263. The fraction of sp³-hybridized carbons (Fsp3) is 0.750. The average Bonchev–Trinajstić information content (AvgIpc) is 2.76. The normalized spacial score (nSPS) is 22.5. The van der Waals surface area contributed by atoms with Gasteiger partial charge in [0.25, 0.3) is 0 Å². The summed E-state index contributed by atoms with van der Waals surface area (Å²) in [5.41, 5.74) is 5.71. The molecule has 2 atom stereocenters. The van der Waals surface area contributed by atoms with E-state index >= 15 is 0 Å². The molecule has 0 amide bonds. The third-order valence-corrected chi connectivity index (χ3v) is 4.39. The van der Waals surface area contributed by atoms with E-state index in [4.69, 9.17) is 5.73 Å². The Labute approximate surface area is 118 Å². The van der Waals surface area contributed by atoms with E-state index in [0.29, 0.717) is 17.9 Å². The summed E-state index contributed by atoms with van der Waals surface area (Å²) < 4.78 is 0. The number of thioether (sulfide) groups is 1. The highest BCUT2D eigenvalue weighted by Crippen LogP contribution is 2.31. The predicted octanol–water partition coefficient (Wildman–Crippen LogP) is 1.61. The molecule has 0 spiro atoms. The molecule has 1 heterocycles. The Morgan fingerprint density at radius 1 is 1.32 bits per heavy atom. The first kappa shape index (κ1) is 14.2. The lowest BCUT2D eigenvalue weighted by Gasteiger charge is -2.15. The lowest BCUT2D eigenvalue weighted by Crippen LogP contribution is -2.21. The summed E-state index contributed by atoms with van der Waals surface area (Å²) in [7, 11) is 3.78. The minimum Gasteiger partial charge on any atom is -0.368 e. The lowest BCUT2D eigenvalue weighted by atomic mass is 10.2. The molecule has 0 radical (unpaired) electrons. The van der Waals surface area contributed by atoms with E-state index < -0.39 is 0 Å². The number of hydrogen-bond acceptors (Lipinski definition) is 7. The molecule has 1 aromatic heterocycles. The van der Waals surface area contributed by atoms with E-state index in [0.717, 1.165) is 5.25 Å². The maximum atomic E-state index is 5.71. The molecule has 7 heteroatoms. The van der Waals surface area contributed by atoms with Gasteiger partial charge >= 0.3 is 0 Å². The summed E-state index contributed by atoms with van der Waals surface area (Å²) in [6.07, 6.45) is 3.60. The van der Waals surface area contributed by atoms with E-state index in [2.05, 4.69) is 27.2 Å². The van der Waals surface area contributed by atoms with E-state index in [1.165, 1.54) is 25.0 Å². The first-order chi connectivity index (χ1) is 9.08. The fourth-order valence-corrected chi connectivity index (χ4v) is 3.43. The van der Waals surface area contributed by atoms with Gasteiger partial charge in [0.15, 0.2) is 0 Å². The first-order valence-electron chi connectivity index (χ1n) is 6.65. The maximum Gasteiger partial charge on any atom is 0.231 e. The molecule has 1 aliphatic rings. The maximum absolute atomic E-state index is 5.71. The van der Waals surface area contributed by atoms with Gasteiger partial charge in [-0.05, 0) is 25.0 Å². The molecule has 106 valence electrons. The summed E-state index contributed by atoms with van der Waals surface area (Å²) in [6, 6.07) is 0.445. The zero-order valence-corrected chi connectivity index (χ0v) is 12.6. The molecule has 2 unspecified atom stereocenters. The predicted molar refractivity (Wildman–Crippen MR) is 81.7 cm³/mol. The van der Waals surface area contributed by atoms with Crippen LogP contribution in [-0.4, -0.2) is 46.1 Å². The van der Waals surface area contributed by atoms with Crippen LogP contribution in [-0.2, 0) is 0 Å². The van der Waals surface area contributed by atoms with Crippen LogP contribution < -0.4 is 16.0 Å². The van der Waals surface area contributed by atoms with Gasteiger partial charge in [0.2, 0.25) is 17.8 Å². The third-order valence-electron chi connectivity index (χ3n) is 3.16. The van der Waals surface area contributed by atoms with E-state index in [-0.39, 0.29) is 5.95 Å². The summed E-state index contributed by atoms with van der Waals surface area (Å²) in [5.74, 6) is 2.62. The van der Waals surface area contributed by atoms with Crippen LogP contribution in [0.1, 0.15) is 26.2 Å². The highest BCUT2D eigenvalue weighted by Gasteiger charge is 2.25. The van der Waals surface area contributed by atoms with Gasteiger partial charge in [0.05, 0.1) is 0 Å². The molecule has 1 aliphatic carbocycles. The van der Waals surface area contributed by atoms with Crippen molar-refractivity contribution in [3.63, 3.8) is 0 Å². The van der Waals surface area contributed by atoms with Gasteiger partial charge in [-0.15, -0.1) is 0 Å². The zero-order valence-electron chi connectivity index (χ0n) is 11.8. The molecule has 1 saturated carbocycles. The van der Waals surface area contributed by atoms with Crippen LogP contribution >= 0.6 is 11.8 Å². The fourth-order valence-electron chi connectivity index (χ4n) is 2.29. The molecule has 1 aromatic rings. The number of hydrogen-bond donors (Lipinski definition) is 2. The standard InChI is InChI=1S/C12H22N6S/c1-4-19-9-6-5-8(7-9)14-11-15-10(13)16-12(17-11)18(2)3/h8-9H,4-7H2,1-3H3,(H3,13,14,15,16,17). The number of nitrogens with one attached hydrogen (secondary N) is 1. The van der Waals surface area contributed by atoms with E-state index in [1.807, 2.05) is 30.8 Å². The Bertz CT molecular complexity index is 425. The minimum atomic E-state index is 0.263. The van der Waals surface area contributed by atoms with Crippen molar-refractivity contribution in [2.24, 2.45) is 0 Å². The molecule has 1 fully saturated rings. The Morgan fingerprint density at radius 2 is 2.11 bits per heavy atom. The molecule has 6 nitrogen and oxygen atoms in total. The van der Waals surface area contributed by atoms with Crippen LogP contribution in [0.25, 0.3) is 0 Å². The van der Waals surface area contributed by atoms with Gasteiger partial charge in [-0.3, -0.25) is 0 Å². The van der Waals surface area contributed by atoms with Crippen molar-refractivity contribution in [2.75, 3.05) is 35.8 Å². The van der Waals surface area contributed by atoms with Crippen LogP contribution in [0.2, 0.25) is 0 Å². The van der Waals surface area contributed by atoms with Crippen molar-refractivity contribution in [1.82, 2.24) is 15.0 Å². The van der Waals surface area contributed by atoms with Crippen molar-refractivity contribution in [3.05, 3.63) is 0 Å². The third kappa shape index (κ3) is 3.86. The zero-order chi connectivity index (χ0) is 13.8.